The molecule has 19 heavy (non-hydrogen) atoms. The van der Waals surface area contributed by atoms with Crippen LogP contribution in [-0.2, 0) is 0 Å². The molecule has 3 nitrogen and oxygen atoms in total. The molecule has 2 rings (SSSR count). The van der Waals surface area contributed by atoms with E-state index in [1.54, 1.807) is 0 Å². The highest BCUT2D eigenvalue weighted by atomic mass is 16.3. The van der Waals surface area contributed by atoms with Crippen LogP contribution in [0.5, 0.6) is 0 Å². The summed E-state index contributed by atoms with van der Waals surface area (Å²) in [5.41, 5.74) is 0. The van der Waals surface area contributed by atoms with E-state index >= 15 is 0 Å². The molecule has 0 aromatic rings. The third-order valence-corrected chi connectivity index (χ3v) is 4.97. The SMILES string of the molecule is CN(C)CC1CCN(CC(O)C2CCCCC2)CC1. The van der Waals surface area contributed by atoms with Crippen molar-refractivity contribution in [3.8, 4) is 0 Å². The first kappa shape index (κ1) is 15.3. The van der Waals surface area contributed by atoms with Gasteiger partial charge in [0.2, 0.25) is 0 Å². The highest BCUT2D eigenvalue weighted by molar-refractivity contribution is 4.79. The van der Waals surface area contributed by atoms with Gasteiger partial charge in [0.1, 0.15) is 0 Å². The fourth-order valence-electron chi connectivity index (χ4n) is 3.80. The topological polar surface area (TPSA) is 26.7 Å². The largest absolute Gasteiger partial charge is 0.392 e. The molecular formula is C16H32N2O. The van der Waals surface area contributed by atoms with Gasteiger partial charge in [-0.2, -0.15) is 0 Å². The van der Waals surface area contributed by atoms with Crippen molar-refractivity contribution in [1.29, 1.82) is 0 Å². The van der Waals surface area contributed by atoms with Crippen molar-refractivity contribution in [2.75, 3.05) is 40.3 Å². The Bertz CT molecular complexity index is 243. The molecule has 1 heterocycles. The second kappa shape index (κ2) is 7.61. The molecule has 1 N–H and O–H groups in total. The average molecular weight is 268 g/mol. The Morgan fingerprint density at radius 2 is 1.68 bits per heavy atom. The van der Waals surface area contributed by atoms with Gasteiger partial charge in [-0.3, -0.25) is 0 Å². The fraction of sp³-hybridized carbons (Fsp3) is 1.00. The lowest BCUT2D eigenvalue weighted by atomic mass is 9.85. The quantitative estimate of drug-likeness (QED) is 0.828. The zero-order chi connectivity index (χ0) is 13.7. The van der Waals surface area contributed by atoms with E-state index in [-0.39, 0.29) is 6.10 Å². The van der Waals surface area contributed by atoms with Crippen LogP contribution in [0.3, 0.4) is 0 Å². The Hall–Kier alpha value is -0.120. The van der Waals surface area contributed by atoms with E-state index in [1.807, 2.05) is 0 Å². The van der Waals surface area contributed by atoms with Gasteiger partial charge in [-0.15, -0.1) is 0 Å². The normalized spacial score (nSPS) is 25.9. The number of β-amino-alcohol motifs (C(OH)–C–C–N with tert-alkyl or cyclic N) is 1. The highest BCUT2D eigenvalue weighted by Gasteiger charge is 2.26. The molecule has 0 radical (unpaired) electrons. The number of hydrogen-bond acceptors (Lipinski definition) is 3. The van der Waals surface area contributed by atoms with E-state index in [0.717, 1.165) is 12.5 Å². The third-order valence-electron chi connectivity index (χ3n) is 4.97. The molecule has 0 aromatic carbocycles. The fourth-order valence-corrected chi connectivity index (χ4v) is 3.80. The van der Waals surface area contributed by atoms with E-state index in [9.17, 15) is 5.11 Å². The molecule has 1 saturated carbocycles. The first-order chi connectivity index (χ1) is 9.15. The minimum atomic E-state index is -0.0781. The summed E-state index contributed by atoms with van der Waals surface area (Å²) in [6.45, 7) is 4.50. The van der Waals surface area contributed by atoms with Crippen molar-refractivity contribution in [1.82, 2.24) is 9.80 Å². The number of aliphatic hydroxyl groups excluding tert-OH is 1. The summed E-state index contributed by atoms with van der Waals surface area (Å²) in [4.78, 5) is 4.79. The van der Waals surface area contributed by atoms with Crippen molar-refractivity contribution in [2.45, 2.75) is 51.0 Å². The van der Waals surface area contributed by atoms with Crippen LogP contribution in [0.4, 0.5) is 0 Å². The van der Waals surface area contributed by atoms with Gasteiger partial charge in [0.25, 0.3) is 0 Å². The summed E-state index contributed by atoms with van der Waals surface area (Å²) in [6, 6.07) is 0. The maximum absolute atomic E-state index is 10.4. The molecule has 0 spiro atoms. The van der Waals surface area contributed by atoms with Gasteiger partial charge in [-0.1, -0.05) is 19.3 Å². The number of piperidine rings is 1. The van der Waals surface area contributed by atoms with Gasteiger partial charge in [0, 0.05) is 13.1 Å². The number of likely N-dealkylation sites (tertiary alicyclic amines) is 1. The van der Waals surface area contributed by atoms with E-state index < -0.39 is 0 Å². The Kier molecular flexibility index (Phi) is 6.11. The highest BCUT2D eigenvalue weighted by Crippen LogP contribution is 2.27. The van der Waals surface area contributed by atoms with Crippen molar-refractivity contribution >= 4 is 0 Å². The van der Waals surface area contributed by atoms with Gasteiger partial charge in [-0.05, 0) is 64.7 Å². The smallest absolute Gasteiger partial charge is 0.0695 e. The van der Waals surface area contributed by atoms with Gasteiger partial charge in [0.15, 0.2) is 0 Å². The first-order valence-electron chi connectivity index (χ1n) is 8.20. The molecule has 0 bridgehead atoms. The van der Waals surface area contributed by atoms with Crippen LogP contribution in [-0.4, -0.2) is 61.3 Å². The van der Waals surface area contributed by atoms with Crippen molar-refractivity contribution in [3.63, 3.8) is 0 Å². The molecule has 112 valence electrons. The molecule has 1 aliphatic carbocycles. The zero-order valence-electron chi connectivity index (χ0n) is 12.9. The number of aliphatic hydroxyl groups is 1. The Balaban J connectivity index is 1.67. The minimum absolute atomic E-state index is 0.0781. The van der Waals surface area contributed by atoms with Gasteiger partial charge >= 0.3 is 0 Å². The van der Waals surface area contributed by atoms with Crippen LogP contribution in [0.25, 0.3) is 0 Å². The summed E-state index contributed by atoms with van der Waals surface area (Å²) in [5, 5.41) is 10.4. The number of hydrogen-bond donors (Lipinski definition) is 1. The predicted molar refractivity (Wildman–Crippen MR) is 80.3 cm³/mol. The average Bonchev–Trinajstić information content (AvgIpc) is 2.41. The summed E-state index contributed by atoms with van der Waals surface area (Å²) in [6.07, 6.45) is 9.05. The molecule has 1 saturated heterocycles. The zero-order valence-corrected chi connectivity index (χ0v) is 12.9. The number of rotatable bonds is 5. The molecule has 0 amide bonds. The lowest BCUT2D eigenvalue weighted by molar-refractivity contribution is 0.0348. The molecule has 2 fully saturated rings. The summed E-state index contributed by atoms with van der Waals surface area (Å²) in [5.74, 6) is 1.44. The summed E-state index contributed by atoms with van der Waals surface area (Å²) in [7, 11) is 4.33. The Morgan fingerprint density at radius 1 is 1.05 bits per heavy atom. The first-order valence-corrected chi connectivity index (χ1v) is 8.20. The van der Waals surface area contributed by atoms with Gasteiger partial charge in [-0.25, -0.2) is 0 Å². The molecule has 1 aliphatic heterocycles. The maximum Gasteiger partial charge on any atom is 0.0695 e. The molecular weight excluding hydrogens is 236 g/mol. The molecule has 2 aliphatic rings. The van der Waals surface area contributed by atoms with Gasteiger partial charge in [0.05, 0.1) is 6.10 Å². The summed E-state index contributed by atoms with van der Waals surface area (Å²) < 4.78 is 0. The predicted octanol–water partition coefficient (Wildman–Crippen LogP) is 2.20. The molecule has 1 atom stereocenters. The second-order valence-corrected chi connectivity index (χ2v) is 6.97. The number of nitrogens with zero attached hydrogens (tertiary/aromatic N) is 2. The van der Waals surface area contributed by atoms with E-state index in [2.05, 4.69) is 23.9 Å². The van der Waals surface area contributed by atoms with Crippen LogP contribution < -0.4 is 0 Å². The molecule has 1 unspecified atom stereocenters. The van der Waals surface area contributed by atoms with E-state index in [4.69, 9.17) is 0 Å². The third kappa shape index (κ3) is 5.05. The summed E-state index contributed by atoms with van der Waals surface area (Å²) >= 11 is 0. The van der Waals surface area contributed by atoms with E-state index in [1.165, 1.54) is 64.6 Å². The van der Waals surface area contributed by atoms with E-state index in [0.29, 0.717) is 5.92 Å². The van der Waals surface area contributed by atoms with Crippen LogP contribution >= 0.6 is 0 Å². The van der Waals surface area contributed by atoms with Crippen LogP contribution in [0, 0.1) is 11.8 Å². The lowest BCUT2D eigenvalue weighted by Gasteiger charge is -2.36. The molecule has 0 aromatic heterocycles. The molecule has 3 heteroatoms. The van der Waals surface area contributed by atoms with Crippen LogP contribution in [0.1, 0.15) is 44.9 Å². The van der Waals surface area contributed by atoms with Crippen molar-refractivity contribution in [2.24, 2.45) is 11.8 Å². The monoisotopic (exact) mass is 268 g/mol. The van der Waals surface area contributed by atoms with Crippen LogP contribution in [0.15, 0.2) is 0 Å². The van der Waals surface area contributed by atoms with Crippen LogP contribution in [0.2, 0.25) is 0 Å². The maximum atomic E-state index is 10.4. The van der Waals surface area contributed by atoms with Gasteiger partial charge < -0.3 is 14.9 Å². The van der Waals surface area contributed by atoms with Crippen molar-refractivity contribution in [3.05, 3.63) is 0 Å². The Labute approximate surface area is 119 Å². The standard InChI is InChI=1S/C16H32N2O/c1-17(2)12-14-8-10-18(11-9-14)13-16(19)15-6-4-3-5-7-15/h14-16,19H,3-13H2,1-2H3. The second-order valence-electron chi connectivity index (χ2n) is 6.97. The minimum Gasteiger partial charge on any atom is -0.392 e. The lowest BCUT2D eigenvalue weighted by Crippen LogP contribution is -2.43. The van der Waals surface area contributed by atoms with Crippen molar-refractivity contribution < 1.29 is 5.11 Å². The Morgan fingerprint density at radius 3 is 2.26 bits per heavy atom.